The molecule has 23 heavy (non-hydrogen) atoms. The quantitative estimate of drug-likeness (QED) is 0.522. The maximum atomic E-state index is 6.01. The van der Waals surface area contributed by atoms with E-state index in [2.05, 4.69) is 54.6 Å². The van der Waals surface area contributed by atoms with Gasteiger partial charge in [0.1, 0.15) is 5.75 Å². The van der Waals surface area contributed by atoms with Gasteiger partial charge < -0.3 is 9.47 Å². The molecule has 3 heteroatoms. The van der Waals surface area contributed by atoms with Gasteiger partial charge in [0, 0.05) is 0 Å². The molecule has 0 amide bonds. The second-order valence-electron chi connectivity index (χ2n) is 5.93. The predicted molar refractivity (Wildman–Crippen MR) is 88.3 cm³/mol. The lowest BCUT2D eigenvalue weighted by molar-refractivity contribution is -0.597. The molecule has 0 saturated heterocycles. The highest BCUT2D eigenvalue weighted by Gasteiger charge is 2.18. The van der Waals surface area contributed by atoms with Crippen molar-refractivity contribution >= 4 is 0 Å². The van der Waals surface area contributed by atoms with Crippen LogP contribution in [0.2, 0.25) is 0 Å². The topological polar surface area (TPSA) is 18.5 Å². The van der Waals surface area contributed by atoms with Crippen LogP contribution in [0, 0.1) is 7.14 Å². The summed E-state index contributed by atoms with van der Waals surface area (Å²) in [5.74, 6) is 0.897. The lowest BCUT2D eigenvalue weighted by Gasteiger charge is -2.25. The lowest BCUT2D eigenvalue weighted by atomic mass is 9.98. The van der Waals surface area contributed by atoms with Crippen molar-refractivity contribution in [2.75, 3.05) is 0 Å². The Morgan fingerprint density at radius 3 is 2.22 bits per heavy atom. The van der Waals surface area contributed by atoms with Crippen molar-refractivity contribution in [1.29, 1.82) is 0 Å². The summed E-state index contributed by atoms with van der Waals surface area (Å²) in [6.45, 7) is 2.00. The Morgan fingerprint density at radius 2 is 1.52 bits per heavy atom. The molecule has 0 radical (unpaired) electrons. The molecule has 0 heterocycles. The molecule has 1 saturated carbocycles. The highest BCUT2D eigenvalue weighted by molar-refractivity contribution is 5.21. The number of ether oxygens (including phenoxy) is 2. The molecular formula is C20H24IO2+. The van der Waals surface area contributed by atoms with E-state index >= 15 is 0 Å². The summed E-state index contributed by atoms with van der Waals surface area (Å²) in [4.78, 5) is 0. The highest BCUT2D eigenvalue weighted by atomic mass is 127. The predicted octanol–water partition coefficient (Wildman–Crippen LogP) is 1.89. The minimum Gasteiger partial charge on any atom is -0.465 e. The molecule has 1 unspecified atom stereocenters. The molecule has 2 aromatic rings. The van der Waals surface area contributed by atoms with Gasteiger partial charge in [-0.15, -0.1) is 0 Å². The number of benzene rings is 2. The first kappa shape index (κ1) is 16.8. The SMILES string of the molecule is CC(Oc1ccc([I+]c2ccccc2)cc1)OC1CCCCC1. The summed E-state index contributed by atoms with van der Waals surface area (Å²) in [5.41, 5.74) is 0. The van der Waals surface area contributed by atoms with Crippen molar-refractivity contribution in [3.63, 3.8) is 0 Å². The third-order valence-corrected chi connectivity index (χ3v) is 6.69. The first-order valence-corrected chi connectivity index (χ1v) is 10.6. The molecule has 1 atom stereocenters. The molecule has 0 spiro atoms. The fraction of sp³-hybridized carbons (Fsp3) is 0.400. The van der Waals surface area contributed by atoms with Crippen LogP contribution in [0.15, 0.2) is 54.6 Å². The maximum absolute atomic E-state index is 6.01. The fourth-order valence-corrected chi connectivity index (χ4v) is 5.08. The zero-order chi connectivity index (χ0) is 15.9. The Bertz CT molecular complexity index is 576. The van der Waals surface area contributed by atoms with E-state index in [0.717, 1.165) is 5.75 Å². The molecule has 1 aliphatic rings. The first-order chi connectivity index (χ1) is 11.3. The van der Waals surface area contributed by atoms with E-state index in [1.165, 1.54) is 39.2 Å². The monoisotopic (exact) mass is 423 g/mol. The number of rotatable bonds is 6. The van der Waals surface area contributed by atoms with Crippen LogP contribution in [0.4, 0.5) is 0 Å². The fourth-order valence-electron chi connectivity index (χ4n) is 2.87. The highest BCUT2D eigenvalue weighted by Crippen LogP contribution is 2.22. The maximum Gasteiger partial charge on any atom is 0.357 e. The van der Waals surface area contributed by atoms with Gasteiger partial charge in [0.25, 0.3) is 0 Å². The van der Waals surface area contributed by atoms with Gasteiger partial charge in [-0.1, -0.05) is 37.5 Å². The first-order valence-electron chi connectivity index (χ1n) is 8.42. The van der Waals surface area contributed by atoms with E-state index < -0.39 is 0 Å². The molecule has 0 aromatic heterocycles. The normalized spacial score (nSPS) is 16.9. The Kier molecular flexibility index (Phi) is 6.34. The van der Waals surface area contributed by atoms with Crippen LogP contribution in [0.3, 0.4) is 0 Å². The van der Waals surface area contributed by atoms with Gasteiger partial charge in [0.15, 0.2) is 13.4 Å². The third kappa shape index (κ3) is 5.50. The van der Waals surface area contributed by atoms with Gasteiger partial charge >= 0.3 is 21.2 Å². The molecule has 3 rings (SSSR count). The summed E-state index contributed by atoms with van der Waals surface area (Å²) in [6, 6.07) is 19.2. The van der Waals surface area contributed by atoms with Gasteiger partial charge in [-0.2, -0.15) is 0 Å². The molecular weight excluding hydrogens is 399 g/mol. The van der Waals surface area contributed by atoms with Gasteiger partial charge in [0.2, 0.25) is 0 Å². The van der Waals surface area contributed by atoms with E-state index in [4.69, 9.17) is 9.47 Å². The van der Waals surface area contributed by atoms with Crippen molar-refractivity contribution in [2.24, 2.45) is 0 Å². The van der Waals surface area contributed by atoms with Crippen LogP contribution in [-0.4, -0.2) is 12.4 Å². The van der Waals surface area contributed by atoms with Crippen molar-refractivity contribution in [3.8, 4) is 5.75 Å². The summed E-state index contributed by atoms with van der Waals surface area (Å²) in [7, 11) is 0. The number of halogens is 1. The van der Waals surface area contributed by atoms with E-state index in [1.807, 2.05) is 6.92 Å². The van der Waals surface area contributed by atoms with Crippen LogP contribution in [0.25, 0.3) is 0 Å². The van der Waals surface area contributed by atoms with Crippen LogP contribution >= 0.6 is 0 Å². The standard InChI is InChI=1S/C20H24IO2/c1-16(22-19-10-6-3-7-11-19)23-20-14-12-18(13-15-20)21-17-8-4-2-5-9-17/h2,4-5,8-9,12-16,19H,3,6-7,10-11H2,1H3/q+1. The van der Waals surface area contributed by atoms with Gasteiger partial charge in [0.05, 0.1) is 6.10 Å². The van der Waals surface area contributed by atoms with Crippen molar-refractivity contribution < 1.29 is 30.7 Å². The molecule has 122 valence electrons. The molecule has 1 fully saturated rings. The average Bonchev–Trinajstić information content (AvgIpc) is 2.58. The molecule has 1 aliphatic carbocycles. The van der Waals surface area contributed by atoms with Crippen LogP contribution in [0.1, 0.15) is 39.0 Å². The summed E-state index contributed by atoms with van der Waals surface area (Å²) < 4.78 is 14.8. The number of hydrogen-bond acceptors (Lipinski definition) is 2. The second-order valence-corrected chi connectivity index (χ2v) is 8.96. The molecule has 0 aliphatic heterocycles. The molecule has 2 aromatic carbocycles. The zero-order valence-electron chi connectivity index (χ0n) is 13.6. The number of hydrogen-bond donors (Lipinski definition) is 0. The molecule has 0 N–H and O–H groups in total. The van der Waals surface area contributed by atoms with Crippen LogP contribution in [0.5, 0.6) is 5.75 Å². The lowest BCUT2D eigenvalue weighted by Crippen LogP contribution is -3.61. The van der Waals surface area contributed by atoms with E-state index in [9.17, 15) is 0 Å². The van der Waals surface area contributed by atoms with Crippen LogP contribution < -0.4 is 25.9 Å². The zero-order valence-corrected chi connectivity index (χ0v) is 15.7. The van der Waals surface area contributed by atoms with Gasteiger partial charge in [-0.05, 0) is 56.2 Å². The Balaban J connectivity index is 1.50. The Morgan fingerprint density at radius 1 is 0.870 bits per heavy atom. The van der Waals surface area contributed by atoms with Crippen molar-refractivity contribution in [2.45, 2.75) is 51.4 Å². The molecule has 0 bridgehead atoms. The largest absolute Gasteiger partial charge is 0.465 e. The summed E-state index contributed by atoms with van der Waals surface area (Å²) in [5, 5.41) is 0. The Hall–Kier alpha value is -1.07. The smallest absolute Gasteiger partial charge is 0.357 e. The molecule has 2 nitrogen and oxygen atoms in total. The second kappa shape index (κ2) is 8.69. The van der Waals surface area contributed by atoms with E-state index in [1.54, 1.807) is 0 Å². The van der Waals surface area contributed by atoms with Gasteiger partial charge in [-0.25, -0.2) is 0 Å². The minimum absolute atomic E-state index is 0.107. The third-order valence-electron chi connectivity index (χ3n) is 4.00. The van der Waals surface area contributed by atoms with E-state index in [-0.39, 0.29) is 27.5 Å². The summed E-state index contributed by atoms with van der Waals surface area (Å²) >= 11 is -0.107. The summed E-state index contributed by atoms with van der Waals surface area (Å²) in [6.07, 6.45) is 6.48. The van der Waals surface area contributed by atoms with Crippen LogP contribution in [-0.2, 0) is 4.74 Å². The minimum atomic E-state index is -0.173. The van der Waals surface area contributed by atoms with Crippen molar-refractivity contribution in [1.82, 2.24) is 0 Å². The van der Waals surface area contributed by atoms with Crippen molar-refractivity contribution in [3.05, 3.63) is 61.7 Å². The average molecular weight is 423 g/mol. The van der Waals surface area contributed by atoms with Gasteiger partial charge in [-0.3, -0.25) is 0 Å². The van der Waals surface area contributed by atoms with E-state index in [0.29, 0.717) is 6.10 Å². The Labute approximate surface area is 149 Å².